The second-order valence-electron chi connectivity index (χ2n) is 3.78. The molecule has 0 aliphatic rings. The van der Waals surface area contributed by atoms with Gasteiger partial charge in [-0.3, -0.25) is 0 Å². The number of hydrogen-bond acceptors (Lipinski definition) is 3. The molecule has 1 N–H and O–H groups in total. The summed E-state index contributed by atoms with van der Waals surface area (Å²) in [6, 6.07) is 8.78. The zero-order valence-electron chi connectivity index (χ0n) is 9.91. The first-order valence-electron chi connectivity index (χ1n) is 5.62. The molecule has 102 valence electrons. The van der Waals surface area contributed by atoms with Crippen molar-refractivity contribution in [1.29, 1.82) is 0 Å². The zero-order chi connectivity index (χ0) is 13.7. The van der Waals surface area contributed by atoms with Crippen molar-refractivity contribution in [3.05, 3.63) is 50.6 Å². The van der Waals surface area contributed by atoms with Gasteiger partial charge in [0.1, 0.15) is 5.75 Å². The summed E-state index contributed by atoms with van der Waals surface area (Å²) in [5, 5.41) is 5.21. The summed E-state index contributed by atoms with van der Waals surface area (Å²) in [6.07, 6.45) is 0. The van der Waals surface area contributed by atoms with Crippen LogP contribution in [0.2, 0.25) is 0 Å². The topological polar surface area (TPSA) is 21.3 Å². The highest BCUT2D eigenvalue weighted by Gasteiger charge is 2.09. The van der Waals surface area contributed by atoms with Crippen molar-refractivity contribution in [3.63, 3.8) is 0 Å². The molecule has 1 aromatic heterocycles. The third kappa shape index (κ3) is 4.26. The Bertz CT molecular complexity index is 533. The van der Waals surface area contributed by atoms with Crippen molar-refractivity contribution in [3.8, 4) is 5.75 Å². The molecule has 6 heteroatoms. The average Bonchev–Trinajstić information content (AvgIpc) is 2.77. The molecule has 0 aliphatic heterocycles. The van der Waals surface area contributed by atoms with E-state index in [9.17, 15) is 8.78 Å². The van der Waals surface area contributed by atoms with Crippen molar-refractivity contribution in [2.75, 3.05) is 0 Å². The number of nitrogens with one attached hydrogen (secondary N) is 1. The Morgan fingerprint density at radius 2 is 2.00 bits per heavy atom. The van der Waals surface area contributed by atoms with Gasteiger partial charge in [-0.1, -0.05) is 18.2 Å². The molecule has 1 heterocycles. The van der Waals surface area contributed by atoms with E-state index in [0.29, 0.717) is 13.1 Å². The summed E-state index contributed by atoms with van der Waals surface area (Å²) >= 11 is 5.09. The number of benzene rings is 1. The summed E-state index contributed by atoms with van der Waals surface area (Å²) < 4.78 is 30.0. The second-order valence-corrected chi connectivity index (χ2v) is 5.64. The molecule has 0 spiro atoms. The van der Waals surface area contributed by atoms with Gasteiger partial charge in [0.25, 0.3) is 0 Å². The van der Waals surface area contributed by atoms with Crippen LogP contribution in [0, 0.1) is 0 Å². The molecule has 0 atom stereocenters. The molecule has 2 aromatic rings. The van der Waals surface area contributed by atoms with Crippen LogP contribution in [0.4, 0.5) is 8.78 Å². The molecule has 0 fully saturated rings. The van der Waals surface area contributed by atoms with Crippen LogP contribution in [0.5, 0.6) is 5.75 Å². The van der Waals surface area contributed by atoms with E-state index < -0.39 is 6.61 Å². The lowest BCUT2D eigenvalue weighted by Crippen LogP contribution is -2.14. The fraction of sp³-hybridized carbons (Fsp3) is 0.231. The molecule has 2 rings (SSSR count). The lowest BCUT2D eigenvalue weighted by Gasteiger charge is -2.11. The molecular formula is C13H12BrF2NOS. The highest BCUT2D eigenvalue weighted by atomic mass is 79.9. The Morgan fingerprint density at radius 3 is 2.68 bits per heavy atom. The van der Waals surface area contributed by atoms with Crippen LogP contribution in [0.25, 0.3) is 0 Å². The smallest absolute Gasteiger partial charge is 0.387 e. The number of rotatable bonds is 6. The normalized spacial score (nSPS) is 10.9. The van der Waals surface area contributed by atoms with Gasteiger partial charge in [0.05, 0.1) is 0 Å². The first-order valence-corrected chi connectivity index (χ1v) is 7.29. The Balaban J connectivity index is 1.94. The third-order valence-electron chi connectivity index (χ3n) is 2.48. The maximum atomic E-state index is 12.3. The van der Waals surface area contributed by atoms with Crippen molar-refractivity contribution in [2.24, 2.45) is 0 Å². The average molecular weight is 348 g/mol. The van der Waals surface area contributed by atoms with Gasteiger partial charge in [-0.05, 0) is 33.4 Å². The van der Waals surface area contributed by atoms with Gasteiger partial charge in [0.15, 0.2) is 0 Å². The predicted octanol–water partition coefficient (Wildman–Crippen LogP) is 4.40. The number of ether oxygens (including phenoxy) is 1. The summed E-state index contributed by atoms with van der Waals surface area (Å²) in [6.45, 7) is -1.64. The molecule has 1 aromatic carbocycles. The van der Waals surface area contributed by atoms with E-state index in [2.05, 4.69) is 26.0 Å². The Hall–Kier alpha value is -0.980. The first kappa shape index (κ1) is 14.4. The van der Waals surface area contributed by atoms with Crippen LogP contribution in [0.1, 0.15) is 10.4 Å². The van der Waals surface area contributed by atoms with E-state index in [4.69, 9.17) is 0 Å². The Labute approximate surface area is 122 Å². The predicted molar refractivity (Wildman–Crippen MR) is 75.6 cm³/mol. The molecule has 2 nitrogen and oxygen atoms in total. The van der Waals surface area contributed by atoms with E-state index in [0.717, 1.165) is 10.0 Å². The van der Waals surface area contributed by atoms with Gasteiger partial charge < -0.3 is 10.1 Å². The maximum absolute atomic E-state index is 12.3. The van der Waals surface area contributed by atoms with E-state index in [1.165, 1.54) is 4.88 Å². The Kier molecular flexibility index (Phi) is 5.30. The van der Waals surface area contributed by atoms with Gasteiger partial charge in [0.2, 0.25) is 0 Å². The van der Waals surface area contributed by atoms with Gasteiger partial charge in [-0.15, -0.1) is 11.3 Å². The maximum Gasteiger partial charge on any atom is 0.387 e. The molecule has 19 heavy (non-hydrogen) atoms. The zero-order valence-corrected chi connectivity index (χ0v) is 12.3. The molecule has 0 bridgehead atoms. The lowest BCUT2D eigenvalue weighted by molar-refractivity contribution is -0.0505. The van der Waals surface area contributed by atoms with Crippen LogP contribution in [-0.2, 0) is 13.1 Å². The van der Waals surface area contributed by atoms with Crippen molar-refractivity contribution >= 4 is 27.3 Å². The van der Waals surface area contributed by atoms with Crippen molar-refractivity contribution < 1.29 is 13.5 Å². The van der Waals surface area contributed by atoms with Crippen LogP contribution in [0.15, 0.2) is 40.2 Å². The fourth-order valence-electron chi connectivity index (χ4n) is 1.62. The standard InChI is InChI=1S/C13H12BrF2NOS/c14-10-5-6-19-12(10)8-17-7-9-3-1-2-4-11(9)18-13(15)16/h1-6,13,17H,7-8H2. The summed E-state index contributed by atoms with van der Waals surface area (Å²) in [7, 11) is 0. The van der Waals surface area contributed by atoms with E-state index in [1.54, 1.807) is 35.6 Å². The van der Waals surface area contributed by atoms with Crippen LogP contribution < -0.4 is 10.1 Å². The Morgan fingerprint density at radius 1 is 1.21 bits per heavy atom. The van der Waals surface area contributed by atoms with Gasteiger partial charge >= 0.3 is 6.61 Å². The van der Waals surface area contributed by atoms with Crippen LogP contribution in [0.3, 0.4) is 0 Å². The quantitative estimate of drug-likeness (QED) is 0.835. The van der Waals surface area contributed by atoms with Gasteiger partial charge in [-0.25, -0.2) is 0 Å². The number of alkyl halides is 2. The van der Waals surface area contributed by atoms with E-state index in [1.807, 2.05) is 11.4 Å². The monoisotopic (exact) mass is 347 g/mol. The highest BCUT2D eigenvalue weighted by molar-refractivity contribution is 9.10. The number of thiophene rings is 1. The molecular weight excluding hydrogens is 336 g/mol. The SMILES string of the molecule is FC(F)Oc1ccccc1CNCc1sccc1Br. The van der Waals surface area contributed by atoms with Crippen LogP contribution >= 0.6 is 27.3 Å². The summed E-state index contributed by atoms with van der Waals surface area (Å²) in [5.41, 5.74) is 0.718. The number of para-hydroxylation sites is 1. The summed E-state index contributed by atoms with van der Waals surface area (Å²) in [4.78, 5) is 1.17. The minimum Gasteiger partial charge on any atom is -0.434 e. The summed E-state index contributed by atoms with van der Waals surface area (Å²) in [5.74, 6) is 0.218. The van der Waals surface area contributed by atoms with E-state index >= 15 is 0 Å². The molecule has 0 saturated carbocycles. The largest absolute Gasteiger partial charge is 0.434 e. The highest BCUT2D eigenvalue weighted by Crippen LogP contribution is 2.23. The molecule has 0 radical (unpaired) electrons. The van der Waals surface area contributed by atoms with Crippen LogP contribution in [-0.4, -0.2) is 6.61 Å². The molecule has 0 saturated heterocycles. The molecule has 0 amide bonds. The van der Waals surface area contributed by atoms with Crippen molar-refractivity contribution in [1.82, 2.24) is 5.32 Å². The van der Waals surface area contributed by atoms with Gasteiger partial charge in [0, 0.05) is 28.0 Å². The molecule has 0 unspecified atom stereocenters. The number of halogens is 3. The van der Waals surface area contributed by atoms with Crippen molar-refractivity contribution in [2.45, 2.75) is 19.7 Å². The minimum absolute atomic E-state index is 0.218. The van der Waals surface area contributed by atoms with Gasteiger partial charge in [-0.2, -0.15) is 8.78 Å². The molecule has 0 aliphatic carbocycles. The minimum atomic E-state index is -2.80. The second kappa shape index (κ2) is 6.98. The first-order chi connectivity index (χ1) is 9.16. The lowest BCUT2D eigenvalue weighted by atomic mass is 10.2. The third-order valence-corrected chi connectivity index (χ3v) is 4.41. The fourth-order valence-corrected chi connectivity index (χ4v) is 3.08. The number of hydrogen-bond donors (Lipinski definition) is 1. The van der Waals surface area contributed by atoms with E-state index in [-0.39, 0.29) is 5.75 Å².